The minimum absolute atomic E-state index is 0.00588. The predicted molar refractivity (Wildman–Crippen MR) is 469 cm³/mol. The monoisotopic (exact) mass is 2140 g/mol. The molecule has 0 amide bonds. The van der Waals surface area contributed by atoms with Crippen LogP contribution in [0.4, 0.5) is 114 Å². The average Bonchev–Trinajstić information content (AvgIpc) is 1.59. The molecule has 14 heterocycles. The number of aliphatic hydroxyl groups excluding tert-OH is 2. The van der Waals surface area contributed by atoms with Crippen molar-refractivity contribution in [1.29, 1.82) is 0 Å². The number of alkyl halides is 26. The van der Waals surface area contributed by atoms with Gasteiger partial charge in [-0.1, -0.05) is 48.5 Å². The van der Waals surface area contributed by atoms with Gasteiger partial charge in [0.1, 0.15) is 11.5 Å². The van der Waals surface area contributed by atoms with Gasteiger partial charge in [-0.25, -0.2) is 14.4 Å². The lowest BCUT2D eigenvalue weighted by Crippen LogP contribution is -2.31. The lowest BCUT2D eigenvalue weighted by molar-refractivity contribution is -0.330. The third-order valence-corrected chi connectivity index (χ3v) is 20.4. The molecule has 14 aromatic heterocycles. The number of methoxy groups -OCH3 is 1. The number of ether oxygens (including phenoxy) is 6. The van der Waals surface area contributed by atoms with Crippen molar-refractivity contribution in [3.8, 4) is 90.8 Å². The Labute approximate surface area is 823 Å². The number of fused-ring (bicyclic) bond motifs is 6. The molecule has 4 aromatic carbocycles. The van der Waals surface area contributed by atoms with E-state index in [1.807, 2.05) is 0 Å². The number of aromatic nitrogens is 26. The Morgan fingerprint density at radius 1 is 0.313 bits per heavy atom. The van der Waals surface area contributed by atoms with Gasteiger partial charge in [0.2, 0.25) is 40.9 Å². The lowest BCUT2D eigenvalue weighted by Gasteiger charge is -2.16. The van der Waals surface area contributed by atoms with Crippen LogP contribution >= 0.6 is 0 Å². The fraction of sp³-hybridized carbons (Fsp3) is 0.289. The Hall–Kier alpha value is -16.3. The topological polar surface area (TPSA) is 380 Å². The van der Waals surface area contributed by atoms with Gasteiger partial charge in [0, 0.05) is 112 Å². The molecule has 0 radical (unpaired) electrons. The van der Waals surface area contributed by atoms with Gasteiger partial charge in [-0.15, -0.1) is 101 Å². The van der Waals surface area contributed by atoms with E-state index in [1.54, 1.807) is 42.6 Å². The highest BCUT2D eigenvalue weighted by Gasteiger charge is 2.42. The van der Waals surface area contributed by atoms with E-state index >= 15 is 0 Å². The van der Waals surface area contributed by atoms with E-state index in [4.69, 9.17) is 19.3 Å². The van der Waals surface area contributed by atoms with Gasteiger partial charge in [-0.05, 0) is 117 Å². The van der Waals surface area contributed by atoms with Crippen LogP contribution in [-0.4, -0.2) is 189 Å². The van der Waals surface area contributed by atoms with E-state index in [1.165, 1.54) is 151 Å². The van der Waals surface area contributed by atoms with Crippen molar-refractivity contribution in [3.05, 3.63) is 253 Å². The second-order valence-electron chi connectivity index (χ2n) is 32.1. The van der Waals surface area contributed by atoms with Gasteiger partial charge in [0.25, 0.3) is 0 Å². The third kappa shape index (κ3) is 27.8. The molecule has 1 unspecified atom stereocenters. The summed E-state index contributed by atoms with van der Waals surface area (Å²) in [6, 6.07) is 34.1. The molecular weight excluding hydrogens is 2070 g/mol. The Bertz CT molecular complexity index is 7500. The van der Waals surface area contributed by atoms with Crippen LogP contribution in [0, 0.1) is 0 Å². The fourth-order valence-electron chi connectivity index (χ4n) is 13.3. The van der Waals surface area contributed by atoms with E-state index in [0.717, 1.165) is 74.0 Å². The number of hydrogen-bond acceptors (Lipinski definition) is 28. The Morgan fingerprint density at radius 3 is 1.04 bits per heavy atom. The number of aliphatic hydroxyl groups is 2. The normalized spacial score (nSPS) is 13.0. The van der Waals surface area contributed by atoms with Crippen molar-refractivity contribution in [2.75, 3.05) is 7.11 Å². The van der Waals surface area contributed by atoms with Crippen molar-refractivity contribution < 1.29 is 153 Å². The molecule has 0 bridgehead atoms. The van der Waals surface area contributed by atoms with Gasteiger partial charge in [0.15, 0.2) is 58.1 Å². The first-order chi connectivity index (χ1) is 70.1. The molecule has 0 saturated carbocycles. The van der Waals surface area contributed by atoms with Crippen LogP contribution in [0.3, 0.4) is 0 Å². The number of benzene rings is 4. The summed E-state index contributed by atoms with van der Waals surface area (Å²) >= 11 is 0. The van der Waals surface area contributed by atoms with Crippen molar-refractivity contribution in [2.45, 2.75) is 161 Å². The van der Waals surface area contributed by atoms with Crippen LogP contribution in [0.25, 0.3) is 101 Å². The van der Waals surface area contributed by atoms with Crippen LogP contribution in [0.15, 0.2) is 195 Å². The standard InChI is InChI=1S/C16H13F5N4O2.2C15H12F5N5O.C15H11F5N4O2.C15H12F4N4O.C14H12F2N4O/c1-15(17,18)14-24-23-12-7-22-13(11(8-26-2)25(12)14)9-3-5-10(6-4-9)27-16(19,20)21;2*1-8(15(18,19)20)26-12-6-3-9(7-21-12)10-4-5-11-22-23-13(14(2,16)17)25(11)24-10;1-14(16,17)13-23-22-11-6-21-12(10(7-25)24(11)13)8-2-4-9(5-3-8)26-15(18,19)20;1-9(16)14-22-21-13-6-20-12(7-23(13)14)11-4-2-10(3-5-11)8-24-15(17,18)19;1-14(15,16)13-19-18-12-6-17-11(7-20(12)13)10-4-2-9(8-21)3-5-10/h3-7H,8H2,1-2H3;2*3-8H,1-2H3;2-6,25H,7H2,1H3;2-7,9H,8H2,1H3;2-7,21H,8H2,1H3/t;2*8-;;;/m.10.../s1. The molecule has 0 aliphatic rings. The van der Waals surface area contributed by atoms with Crippen LogP contribution in [0.2, 0.25) is 0 Å². The summed E-state index contributed by atoms with van der Waals surface area (Å²) in [6.45, 7) is 5.15. The highest BCUT2D eigenvalue weighted by Crippen LogP contribution is 2.39. The second-order valence-corrected chi connectivity index (χ2v) is 32.1. The van der Waals surface area contributed by atoms with Crippen molar-refractivity contribution in [2.24, 2.45) is 0 Å². The first-order valence-corrected chi connectivity index (χ1v) is 42.7. The summed E-state index contributed by atoms with van der Waals surface area (Å²) in [5, 5.41) is 69.9. The molecule has 2 N–H and O–H groups in total. The van der Waals surface area contributed by atoms with Gasteiger partial charge in [-0.2, -0.15) is 89.5 Å². The summed E-state index contributed by atoms with van der Waals surface area (Å²) in [6.07, 6.45) is -17.8. The van der Waals surface area contributed by atoms with E-state index in [-0.39, 0.29) is 93.2 Å². The molecule has 34 nitrogen and oxygen atoms in total. The SMILES string of the molecule is CC(F)(F)c1nnc2cnc(-c3ccc(CO)cc3)cn12.CC(F)(F)c1nnc2cnc(-c3ccc(OC(F)(F)F)cc3)c(CO)n12.CC(F)c1nnc2cnc(-c3ccc(COC(F)(F)F)cc3)cn12.COCc1c(-c2ccc(OC(F)(F)F)cc2)ncc2nnc(C(C)(F)F)n12.C[C@@H](Oc1ccc(-c2ccc3nnc(C(C)(F)F)n3n2)cn1)C(F)(F)F.C[C@H](Oc1ccc(-c2ccc3nnc(C(C)(F)F)n3n2)cn1)C(F)(F)F. The number of nitrogens with zero attached hydrogens (tertiary/aromatic N) is 26. The molecular formula is C90H72F26N26O8. The zero-order valence-corrected chi connectivity index (χ0v) is 77.8. The first kappa shape index (κ1) is 111. The summed E-state index contributed by atoms with van der Waals surface area (Å²) in [5.74, 6) is -20.3. The van der Waals surface area contributed by atoms with Gasteiger partial charge in [-0.3, -0.25) is 42.3 Å². The molecule has 0 saturated heterocycles. The minimum Gasteiger partial charge on any atom is -0.465 e. The fourth-order valence-corrected chi connectivity index (χ4v) is 13.3. The van der Waals surface area contributed by atoms with E-state index in [9.17, 15) is 119 Å². The zero-order valence-electron chi connectivity index (χ0n) is 77.8. The number of hydrogen-bond donors (Lipinski definition) is 2. The van der Waals surface area contributed by atoms with Gasteiger partial charge in [0.05, 0.1) is 96.8 Å². The molecule has 0 spiro atoms. The molecule has 60 heteroatoms. The van der Waals surface area contributed by atoms with Crippen LogP contribution in [0.1, 0.15) is 119 Å². The zero-order chi connectivity index (χ0) is 110. The molecule has 3 atom stereocenters. The minimum atomic E-state index is -4.83. The Morgan fingerprint density at radius 2 is 0.667 bits per heavy atom. The maximum Gasteiger partial charge on any atom is 0.573 e. The molecule has 0 fully saturated rings. The van der Waals surface area contributed by atoms with Gasteiger partial charge >= 0.3 is 61.1 Å². The van der Waals surface area contributed by atoms with Crippen LogP contribution in [0.5, 0.6) is 23.3 Å². The number of halogens is 26. The summed E-state index contributed by atoms with van der Waals surface area (Å²) in [7, 11) is 1.37. The summed E-state index contributed by atoms with van der Waals surface area (Å²) < 4.78 is 367. The maximum atomic E-state index is 13.9. The molecule has 0 aliphatic carbocycles. The Balaban J connectivity index is 0.000000150. The van der Waals surface area contributed by atoms with Crippen molar-refractivity contribution >= 4 is 33.9 Å². The van der Waals surface area contributed by atoms with Crippen LogP contribution in [-0.2, 0) is 65.5 Å². The first-order valence-electron chi connectivity index (χ1n) is 42.7. The smallest absolute Gasteiger partial charge is 0.465 e. The average molecular weight is 2140 g/mol. The van der Waals surface area contributed by atoms with E-state index in [0.29, 0.717) is 78.1 Å². The molecule has 18 aromatic rings. The predicted octanol–water partition coefficient (Wildman–Crippen LogP) is 20.8. The van der Waals surface area contributed by atoms with Crippen molar-refractivity contribution in [1.82, 2.24) is 128 Å². The number of pyridine rings is 2. The molecule has 0 aliphatic heterocycles. The third-order valence-electron chi connectivity index (χ3n) is 20.4. The highest BCUT2D eigenvalue weighted by molar-refractivity contribution is 5.68. The summed E-state index contributed by atoms with van der Waals surface area (Å²) in [4.78, 5) is 24.2. The molecule has 150 heavy (non-hydrogen) atoms. The van der Waals surface area contributed by atoms with Crippen molar-refractivity contribution in [3.63, 3.8) is 0 Å². The maximum absolute atomic E-state index is 13.9. The second kappa shape index (κ2) is 44.0. The highest BCUT2D eigenvalue weighted by atomic mass is 19.4. The molecule has 792 valence electrons. The Kier molecular flexibility index (Phi) is 32.5. The molecule has 18 rings (SSSR count). The van der Waals surface area contributed by atoms with Crippen LogP contribution < -0.4 is 18.9 Å². The van der Waals surface area contributed by atoms with Gasteiger partial charge < -0.3 is 33.9 Å². The van der Waals surface area contributed by atoms with E-state index in [2.05, 4.69) is 115 Å². The quantitative estimate of drug-likeness (QED) is 0.0531. The summed E-state index contributed by atoms with van der Waals surface area (Å²) in [5.41, 5.74) is 7.25. The lowest BCUT2D eigenvalue weighted by atomic mass is 10.1. The largest absolute Gasteiger partial charge is 0.573 e. The van der Waals surface area contributed by atoms with E-state index < -0.39 is 133 Å². The number of rotatable bonds is 24.